The summed E-state index contributed by atoms with van der Waals surface area (Å²) in [7, 11) is 6.55. The van der Waals surface area contributed by atoms with Crippen molar-refractivity contribution >= 4 is 70.5 Å². The zero-order chi connectivity index (χ0) is 69.6. The van der Waals surface area contributed by atoms with Crippen molar-refractivity contribution in [3.8, 4) is 0 Å². The standard InChI is InChI=1S/C78H94N8O14/c1-89-45-49-97-57-53-93-41-37-81-63(29-31-71(81)61-79-85(67-17-9-5-10-18-67)68-19-11-6-12-20-68)25-27-65-33-35-73(83(65)39-43-95-55-59-99-51-47-91-3)75-77(87)76(78(75)88)74-36-34-66(84(74)40-44-96-56-60-100-52-48-92-4)28-26-64-30-32-72(82(64)38-42-94-54-58-98-50-46-90-2)62-80-86(69-21-13-7-14-22-69)70-23-15-8-16-24-70/h5-36,61-62H,37-60H2,1-4H3. The summed E-state index contributed by atoms with van der Waals surface area (Å²) in [6.07, 6.45) is 15.5. The number of hydrogen-bond acceptors (Lipinski definition) is 18. The summed E-state index contributed by atoms with van der Waals surface area (Å²) in [5, 5.41) is 28.9. The monoisotopic (exact) mass is 1370 g/mol. The average molecular weight is 1370 g/mol. The van der Waals surface area contributed by atoms with Crippen LogP contribution in [0.25, 0.3) is 23.8 Å². The highest BCUT2D eigenvalue weighted by atomic mass is 16.6. The number of para-hydroxylation sites is 4. The lowest BCUT2D eigenvalue weighted by Crippen LogP contribution is -2.34. The van der Waals surface area contributed by atoms with Gasteiger partial charge in [0.25, 0.3) is 0 Å². The second-order valence-electron chi connectivity index (χ2n) is 22.7. The predicted molar refractivity (Wildman–Crippen MR) is 389 cm³/mol. The lowest BCUT2D eigenvalue weighted by molar-refractivity contribution is -0.472. The number of anilines is 4. The maximum atomic E-state index is 15.0. The Morgan fingerprint density at radius 1 is 0.370 bits per heavy atom. The number of ketones is 1. The highest BCUT2D eigenvalue weighted by Gasteiger charge is 2.38. The fourth-order valence-corrected chi connectivity index (χ4v) is 11.0. The van der Waals surface area contributed by atoms with Crippen molar-refractivity contribution in [3.05, 3.63) is 227 Å². The quantitative estimate of drug-likeness (QED) is 0.0115. The van der Waals surface area contributed by atoms with Crippen LogP contribution >= 0.6 is 0 Å². The van der Waals surface area contributed by atoms with E-state index in [-0.39, 0.29) is 35.9 Å². The number of ether oxygens (including phenoxy) is 12. The average Bonchev–Trinajstić information content (AvgIpc) is 1.44. The van der Waals surface area contributed by atoms with Crippen molar-refractivity contribution in [1.82, 2.24) is 13.7 Å². The molecular weight excluding hydrogens is 1270 g/mol. The zero-order valence-electron chi connectivity index (χ0n) is 57.9. The van der Waals surface area contributed by atoms with Crippen LogP contribution in [0, 0.1) is 0 Å². The third-order valence-electron chi connectivity index (χ3n) is 16.1. The normalized spacial score (nSPS) is 14.1. The Morgan fingerprint density at radius 3 is 1.09 bits per heavy atom. The molecule has 0 N–H and O–H groups in total. The van der Waals surface area contributed by atoms with Crippen LogP contribution in [0.5, 0.6) is 0 Å². The number of nitrogens with zero attached hydrogens (tertiary/aromatic N) is 8. The Morgan fingerprint density at radius 2 is 0.700 bits per heavy atom. The molecule has 0 bridgehead atoms. The molecule has 1 aliphatic carbocycles. The molecule has 0 radical (unpaired) electrons. The number of benzene rings is 4. The van der Waals surface area contributed by atoms with E-state index in [9.17, 15) is 9.90 Å². The molecule has 1 aliphatic heterocycles. The van der Waals surface area contributed by atoms with E-state index in [1.165, 1.54) is 0 Å². The van der Waals surface area contributed by atoms with Gasteiger partial charge in [-0.15, -0.1) is 0 Å². The van der Waals surface area contributed by atoms with Gasteiger partial charge in [0.2, 0.25) is 17.2 Å². The highest BCUT2D eigenvalue weighted by molar-refractivity contribution is 6.39. The number of allylic oxidation sites excluding steroid dienone is 5. The Bertz CT molecular complexity index is 3740. The third kappa shape index (κ3) is 22.5. The van der Waals surface area contributed by atoms with E-state index in [1.807, 2.05) is 226 Å². The van der Waals surface area contributed by atoms with Crippen LogP contribution in [0.2, 0.25) is 0 Å². The molecule has 7 aromatic rings. The number of hydrogen-bond donors (Lipinski definition) is 0. The molecule has 530 valence electrons. The number of Topliss-reactive ketones (excluding diaryl/α,β-unsaturated/α-hetero) is 1. The summed E-state index contributed by atoms with van der Waals surface area (Å²) >= 11 is 0. The van der Waals surface area contributed by atoms with Gasteiger partial charge >= 0.3 is 0 Å². The molecule has 9 rings (SSSR count). The Hall–Kier alpha value is -8.98. The van der Waals surface area contributed by atoms with Crippen molar-refractivity contribution in [2.45, 2.75) is 19.6 Å². The van der Waals surface area contributed by atoms with Gasteiger partial charge < -0.3 is 75.7 Å². The van der Waals surface area contributed by atoms with Crippen LogP contribution in [0.15, 0.2) is 203 Å². The van der Waals surface area contributed by atoms with Gasteiger partial charge in [-0.2, -0.15) is 14.8 Å². The minimum atomic E-state index is -0.362. The van der Waals surface area contributed by atoms with Gasteiger partial charge in [-0.05, 0) is 103 Å². The van der Waals surface area contributed by atoms with E-state index in [2.05, 4.69) is 9.13 Å². The van der Waals surface area contributed by atoms with E-state index in [0.717, 1.165) is 56.9 Å². The first kappa shape index (κ1) is 75.2. The van der Waals surface area contributed by atoms with E-state index in [1.54, 1.807) is 28.4 Å². The number of carbonyl (C=O) groups excluding carboxylic acids is 1. The van der Waals surface area contributed by atoms with Gasteiger partial charge in [0, 0.05) is 89.0 Å². The van der Waals surface area contributed by atoms with Gasteiger partial charge in [-0.3, -0.25) is 4.79 Å². The highest BCUT2D eigenvalue weighted by Crippen LogP contribution is 2.39. The van der Waals surface area contributed by atoms with Crippen LogP contribution in [0.3, 0.4) is 0 Å². The number of hydrazone groups is 2. The van der Waals surface area contributed by atoms with E-state index in [0.29, 0.717) is 156 Å². The lowest BCUT2D eigenvalue weighted by atomic mass is 9.84. The summed E-state index contributed by atoms with van der Waals surface area (Å²) in [6, 6.07) is 51.9. The van der Waals surface area contributed by atoms with Gasteiger partial charge in [-0.25, -0.2) is 10.0 Å². The third-order valence-corrected chi connectivity index (χ3v) is 16.1. The first-order valence-electron chi connectivity index (χ1n) is 33.9. The number of carbonyl (C=O) groups is 1. The Labute approximate surface area is 587 Å². The van der Waals surface area contributed by atoms with Gasteiger partial charge in [0.1, 0.15) is 6.61 Å². The summed E-state index contributed by atoms with van der Waals surface area (Å²) in [5.74, 6) is -0.725. The van der Waals surface area contributed by atoms with Crippen LogP contribution in [0.4, 0.5) is 22.7 Å². The first-order valence-corrected chi connectivity index (χ1v) is 33.9. The smallest absolute Gasteiger partial charge is 0.216 e. The first-order chi connectivity index (χ1) is 49.4. The number of methoxy groups -OCH3 is 4. The maximum Gasteiger partial charge on any atom is 0.216 e. The molecule has 0 amide bonds. The fraction of sp³-hybridized carbons (Fsp3) is 0.359. The Balaban J connectivity index is 1.03. The van der Waals surface area contributed by atoms with Crippen LogP contribution < -0.4 is 15.1 Å². The van der Waals surface area contributed by atoms with E-state index >= 15 is 0 Å². The predicted octanol–water partition coefficient (Wildman–Crippen LogP) is 9.97. The number of aromatic nitrogens is 3. The van der Waals surface area contributed by atoms with Gasteiger partial charge in [0.15, 0.2) is 6.54 Å². The van der Waals surface area contributed by atoms with Crippen molar-refractivity contribution in [2.24, 2.45) is 10.2 Å². The van der Waals surface area contributed by atoms with Crippen molar-refractivity contribution in [2.75, 3.05) is 177 Å². The van der Waals surface area contributed by atoms with Crippen molar-refractivity contribution in [1.29, 1.82) is 0 Å². The molecule has 22 heteroatoms. The van der Waals surface area contributed by atoms with Gasteiger partial charge in [-0.1, -0.05) is 78.6 Å². The lowest BCUT2D eigenvalue weighted by Gasteiger charge is -2.31. The molecule has 22 nitrogen and oxygen atoms in total. The van der Waals surface area contributed by atoms with E-state index in [4.69, 9.17) is 67.0 Å². The van der Waals surface area contributed by atoms with E-state index < -0.39 is 0 Å². The Kier molecular flexibility index (Phi) is 32.2. The van der Waals surface area contributed by atoms with Crippen LogP contribution in [0.1, 0.15) is 34.2 Å². The fourth-order valence-electron chi connectivity index (χ4n) is 11.0. The molecule has 2 aliphatic rings. The SMILES string of the molecule is COCCOCCOCCn1c(/C=C/C2=[N+](CCOCCOCCOC)C(=C3/C(=O)C(c4ccc(/C=C/c5ccc(/C=N/N(c6ccccc6)c6ccccc6)n5CCOCCOCCOC)n4CCOCCOCCOC)=C3[O-])/C=C2)ccc1/C=N/N(c1ccccc1)c1ccccc1. The summed E-state index contributed by atoms with van der Waals surface area (Å²) in [4.78, 5) is 15.0. The van der Waals surface area contributed by atoms with Crippen molar-refractivity contribution in [3.63, 3.8) is 0 Å². The minimum Gasteiger partial charge on any atom is -0.871 e. The van der Waals surface area contributed by atoms with Gasteiger partial charge in [0.05, 0.1) is 183 Å². The molecule has 0 spiro atoms. The zero-order valence-corrected chi connectivity index (χ0v) is 57.9. The summed E-state index contributed by atoms with van der Waals surface area (Å²) < 4.78 is 75.9. The minimum absolute atomic E-state index is 0.0901. The second-order valence-corrected chi connectivity index (χ2v) is 22.7. The summed E-state index contributed by atoms with van der Waals surface area (Å²) in [6.45, 7) is 9.93. The molecule has 4 aromatic carbocycles. The molecule has 100 heavy (non-hydrogen) atoms. The topological polar surface area (TPSA) is 200 Å². The van der Waals surface area contributed by atoms with Crippen molar-refractivity contribution < 1.29 is 71.3 Å². The van der Waals surface area contributed by atoms with Crippen LogP contribution in [-0.2, 0) is 81.3 Å². The molecule has 0 fully saturated rings. The van der Waals surface area contributed by atoms with Crippen LogP contribution in [-0.4, -0.2) is 209 Å². The molecule has 0 saturated heterocycles. The molecule has 0 saturated carbocycles. The molecule has 4 heterocycles. The molecule has 3 aromatic heterocycles. The molecule has 0 unspecified atom stereocenters. The largest absolute Gasteiger partial charge is 0.871 e. The second kappa shape index (κ2) is 42.9. The maximum absolute atomic E-state index is 15.0. The summed E-state index contributed by atoms with van der Waals surface area (Å²) in [5.41, 5.74) is 9.72. The molecule has 0 atom stereocenters. The molecular formula is C78H94N8O14. The number of rotatable bonds is 49.